The standard InChI is InChI=1S/C21H24N4O3/c26-20(10-14-1-2-18-19(9-14)28-8-7-27-18)25-6-4-17-16(13-25)12-23-21(24-17)15-3-5-22-11-15/h1-2,9,12,15,22H,3-8,10-11,13H2/t15-/m1/s1. The van der Waals surface area contributed by atoms with E-state index >= 15 is 0 Å². The van der Waals surface area contributed by atoms with E-state index < -0.39 is 0 Å². The summed E-state index contributed by atoms with van der Waals surface area (Å²) in [6.07, 6.45) is 4.16. The summed E-state index contributed by atoms with van der Waals surface area (Å²) in [5.74, 6) is 2.95. The van der Waals surface area contributed by atoms with E-state index in [9.17, 15) is 4.79 Å². The minimum atomic E-state index is 0.117. The minimum absolute atomic E-state index is 0.117. The minimum Gasteiger partial charge on any atom is -0.486 e. The molecular formula is C21H24N4O3. The summed E-state index contributed by atoms with van der Waals surface area (Å²) in [5.41, 5.74) is 3.11. The number of carbonyl (C=O) groups excluding carboxylic acids is 1. The van der Waals surface area contributed by atoms with Crippen LogP contribution in [0.25, 0.3) is 0 Å². The summed E-state index contributed by atoms with van der Waals surface area (Å²) in [6.45, 7) is 4.40. The fourth-order valence-corrected chi connectivity index (χ4v) is 4.10. The summed E-state index contributed by atoms with van der Waals surface area (Å²) in [4.78, 5) is 24.1. The lowest BCUT2D eigenvalue weighted by Crippen LogP contribution is -2.37. The van der Waals surface area contributed by atoms with Crippen molar-refractivity contribution in [3.8, 4) is 11.5 Å². The molecule has 7 heteroatoms. The van der Waals surface area contributed by atoms with Gasteiger partial charge in [0, 0.05) is 43.7 Å². The zero-order valence-corrected chi connectivity index (χ0v) is 15.8. The molecule has 0 spiro atoms. The normalized spacial score (nSPS) is 20.7. The van der Waals surface area contributed by atoms with Crippen molar-refractivity contribution in [2.45, 2.75) is 31.7 Å². The van der Waals surface area contributed by atoms with Crippen LogP contribution in [0.3, 0.4) is 0 Å². The Balaban J connectivity index is 1.26. The van der Waals surface area contributed by atoms with E-state index in [1.54, 1.807) is 0 Å². The van der Waals surface area contributed by atoms with Crippen molar-refractivity contribution in [2.75, 3.05) is 32.8 Å². The van der Waals surface area contributed by atoms with Gasteiger partial charge in [-0.2, -0.15) is 0 Å². The molecule has 7 nitrogen and oxygen atoms in total. The first-order valence-electron chi connectivity index (χ1n) is 9.98. The molecule has 1 aromatic heterocycles. The van der Waals surface area contributed by atoms with E-state index in [2.05, 4.69) is 10.3 Å². The van der Waals surface area contributed by atoms with Crippen LogP contribution < -0.4 is 14.8 Å². The zero-order valence-electron chi connectivity index (χ0n) is 15.8. The quantitative estimate of drug-likeness (QED) is 0.869. The number of rotatable bonds is 3. The predicted molar refractivity (Wildman–Crippen MR) is 103 cm³/mol. The van der Waals surface area contributed by atoms with Gasteiger partial charge in [0.1, 0.15) is 19.0 Å². The van der Waals surface area contributed by atoms with Crippen molar-refractivity contribution >= 4 is 5.91 Å². The third kappa shape index (κ3) is 3.42. The number of nitrogens with zero attached hydrogens (tertiary/aromatic N) is 3. The molecular weight excluding hydrogens is 356 g/mol. The first-order chi connectivity index (χ1) is 13.8. The fourth-order valence-electron chi connectivity index (χ4n) is 4.10. The average Bonchev–Trinajstić information content (AvgIpc) is 3.28. The molecule has 0 bridgehead atoms. The largest absolute Gasteiger partial charge is 0.486 e. The maximum atomic E-state index is 12.8. The second kappa shape index (κ2) is 7.39. The van der Waals surface area contributed by atoms with Gasteiger partial charge in [-0.25, -0.2) is 9.97 Å². The lowest BCUT2D eigenvalue weighted by atomic mass is 10.0. The van der Waals surface area contributed by atoms with Crippen LogP contribution in [0.5, 0.6) is 11.5 Å². The molecule has 1 fully saturated rings. The van der Waals surface area contributed by atoms with Crippen LogP contribution in [-0.4, -0.2) is 53.6 Å². The number of aromatic nitrogens is 2. The van der Waals surface area contributed by atoms with E-state index in [1.165, 1.54) is 0 Å². The Bertz CT molecular complexity index is 895. The number of hydrogen-bond donors (Lipinski definition) is 1. The maximum Gasteiger partial charge on any atom is 0.227 e. The molecule has 3 aliphatic rings. The van der Waals surface area contributed by atoms with Gasteiger partial charge in [-0.3, -0.25) is 4.79 Å². The van der Waals surface area contributed by atoms with Crippen LogP contribution in [0.4, 0.5) is 0 Å². The molecule has 4 heterocycles. The van der Waals surface area contributed by atoms with Crippen molar-refractivity contribution in [3.05, 3.63) is 47.0 Å². The Morgan fingerprint density at radius 1 is 1.25 bits per heavy atom. The highest BCUT2D eigenvalue weighted by molar-refractivity contribution is 5.79. The lowest BCUT2D eigenvalue weighted by molar-refractivity contribution is -0.131. The second-order valence-corrected chi connectivity index (χ2v) is 7.61. The van der Waals surface area contributed by atoms with E-state index in [0.717, 1.165) is 60.1 Å². The van der Waals surface area contributed by atoms with E-state index in [0.29, 0.717) is 38.6 Å². The van der Waals surface area contributed by atoms with Crippen LogP contribution in [-0.2, 0) is 24.2 Å². The molecule has 0 aliphatic carbocycles. The van der Waals surface area contributed by atoms with Crippen molar-refractivity contribution in [3.63, 3.8) is 0 Å². The second-order valence-electron chi connectivity index (χ2n) is 7.61. The first kappa shape index (κ1) is 17.4. The highest BCUT2D eigenvalue weighted by Gasteiger charge is 2.25. The van der Waals surface area contributed by atoms with Gasteiger partial charge in [-0.1, -0.05) is 6.07 Å². The number of amides is 1. The van der Waals surface area contributed by atoms with Crippen molar-refractivity contribution < 1.29 is 14.3 Å². The van der Waals surface area contributed by atoms with Crippen molar-refractivity contribution in [1.29, 1.82) is 0 Å². The SMILES string of the molecule is O=C(Cc1ccc2c(c1)OCCO2)N1CCc2nc([C@@H]3CCNC3)ncc2C1. The molecule has 1 amide bonds. The summed E-state index contributed by atoms with van der Waals surface area (Å²) >= 11 is 0. The van der Waals surface area contributed by atoms with Crippen molar-refractivity contribution in [2.24, 2.45) is 0 Å². The Morgan fingerprint density at radius 3 is 3.00 bits per heavy atom. The highest BCUT2D eigenvalue weighted by atomic mass is 16.6. The Hall–Kier alpha value is -2.67. The van der Waals surface area contributed by atoms with Crippen LogP contribution in [0.1, 0.15) is 35.0 Å². The Kier molecular flexibility index (Phi) is 4.60. The van der Waals surface area contributed by atoms with E-state index in [-0.39, 0.29) is 5.91 Å². The van der Waals surface area contributed by atoms with Crippen molar-refractivity contribution in [1.82, 2.24) is 20.2 Å². The van der Waals surface area contributed by atoms with Crippen LogP contribution in [0, 0.1) is 0 Å². The number of fused-ring (bicyclic) bond motifs is 2. The third-order valence-electron chi connectivity index (χ3n) is 5.69. The summed E-state index contributed by atoms with van der Waals surface area (Å²) < 4.78 is 11.2. The molecule has 2 aromatic rings. The predicted octanol–water partition coefficient (Wildman–Crippen LogP) is 1.45. The van der Waals surface area contributed by atoms with Gasteiger partial charge >= 0.3 is 0 Å². The molecule has 1 saturated heterocycles. The molecule has 0 saturated carbocycles. The smallest absolute Gasteiger partial charge is 0.227 e. The Morgan fingerprint density at radius 2 is 2.14 bits per heavy atom. The molecule has 3 aliphatic heterocycles. The van der Waals surface area contributed by atoms with Gasteiger partial charge in [0.05, 0.1) is 12.1 Å². The highest BCUT2D eigenvalue weighted by Crippen LogP contribution is 2.31. The van der Waals surface area contributed by atoms with Gasteiger partial charge in [-0.15, -0.1) is 0 Å². The Labute approximate surface area is 164 Å². The van der Waals surface area contributed by atoms with Crippen LogP contribution in [0.15, 0.2) is 24.4 Å². The fraction of sp³-hybridized carbons (Fsp3) is 0.476. The van der Waals surface area contributed by atoms with Gasteiger partial charge < -0.3 is 19.7 Å². The number of benzene rings is 1. The molecule has 0 unspecified atom stereocenters. The molecule has 146 valence electrons. The van der Waals surface area contributed by atoms with E-state index in [1.807, 2.05) is 29.3 Å². The average molecular weight is 380 g/mol. The summed E-state index contributed by atoms with van der Waals surface area (Å²) in [6, 6.07) is 5.74. The van der Waals surface area contributed by atoms with Crippen LogP contribution in [0.2, 0.25) is 0 Å². The van der Waals surface area contributed by atoms with Gasteiger partial charge in [0.25, 0.3) is 0 Å². The maximum absolute atomic E-state index is 12.8. The molecule has 0 radical (unpaired) electrons. The van der Waals surface area contributed by atoms with Gasteiger partial charge in [0.15, 0.2) is 11.5 Å². The lowest BCUT2D eigenvalue weighted by Gasteiger charge is -2.28. The molecule has 28 heavy (non-hydrogen) atoms. The summed E-state index contributed by atoms with van der Waals surface area (Å²) in [7, 11) is 0. The third-order valence-corrected chi connectivity index (χ3v) is 5.69. The first-order valence-corrected chi connectivity index (χ1v) is 9.98. The van der Waals surface area contributed by atoms with Crippen LogP contribution >= 0.6 is 0 Å². The number of ether oxygens (including phenoxy) is 2. The number of hydrogen-bond acceptors (Lipinski definition) is 6. The molecule has 5 rings (SSSR count). The molecule has 1 aromatic carbocycles. The number of nitrogens with one attached hydrogen (secondary N) is 1. The van der Waals surface area contributed by atoms with E-state index in [4.69, 9.17) is 14.5 Å². The topological polar surface area (TPSA) is 76.6 Å². The van der Waals surface area contributed by atoms with Gasteiger partial charge in [-0.05, 0) is 30.7 Å². The monoisotopic (exact) mass is 380 g/mol. The van der Waals surface area contributed by atoms with Gasteiger partial charge in [0.2, 0.25) is 5.91 Å². The molecule has 1 atom stereocenters. The number of carbonyl (C=O) groups is 1. The summed E-state index contributed by atoms with van der Waals surface area (Å²) in [5, 5.41) is 3.37. The zero-order chi connectivity index (χ0) is 18.9. The molecule has 1 N–H and O–H groups in total.